The molecular weight excluding hydrogens is 470 g/mol. The molecule has 3 rings (SSSR count). The zero-order valence-electron chi connectivity index (χ0n) is 18.0. The van der Waals surface area contributed by atoms with Crippen molar-refractivity contribution in [2.75, 3.05) is 19.7 Å². The van der Waals surface area contributed by atoms with Crippen LogP contribution in [0.15, 0.2) is 0 Å². The van der Waals surface area contributed by atoms with Gasteiger partial charge in [-0.3, -0.25) is 14.4 Å². The highest BCUT2D eigenvalue weighted by Crippen LogP contribution is 2.67. The molecule has 3 aliphatic heterocycles. The van der Waals surface area contributed by atoms with Gasteiger partial charge in [-0.05, 0) is 26.2 Å². The van der Waals surface area contributed by atoms with Gasteiger partial charge in [0.2, 0.25) is 17.7 Å². The Morgan fingerprint density at radius 1 is 1.23 bits per heavy atom. The van der Waals surface area contributed by atoms with Crippen LogP contribution < -0.4 is 10.6 Å². The number of unbranched alkanes of at least 4 members (excludes halogenated alkanes) is 2. The Labute approximate surface area is 191 Å². The number of nitrogens with zero attached hydrogens (tertiary/aromatic N) is 1. The summed E-state index contributed by atoms with van der Waals surface area (Å²) < 4.78 is -0.637. The summed E-state index contributed by atoms with van der Waals surface area (Å²) >= 11 is 5.37. The molecule has 2 bridgehead atoms. The van der Waals surface area contributed by atoms with Crippen molar-refractivity contribution in [3.63, 3.8) is 0 Å². The largest absolute Gasteiger partial charge is 0.394 e. The molecule has 7 atom stereocenters. The van der Waals surface area contributed by atoms with Gasteiger partial charge in [0.25, 0.3) is 0 Å². The highest BCUT2D eigenvalue weighted by molar-refractivity contribution is 9.09. The van der Waals surface area contributed by atoms with Gasteiger partial charge in [0.05, 0.1) is 29.2 Å². The van der Waals surface area contributed by atoms with Crippen LogP contribution in [-0.4, -0.2) is 74.3 Å². The molecule has 3 amide bonds. The number of thioether (sulfide) groups is 1. The number of halogens is 1. The monoisotopic (exact) mass is 503 g/mol. The standard InChI is InChI=1S/C21H34BrN3O4S/c1-4-6-7-9-24-19(28)17-21-10-13(22)16(30-21)14(18(27)23-8-5-2)15(21)20(29)25(17)12(3)11-26/h12-17,26H,4-11H2,1-3H3,(H,23,27)(H,24,28)/t12-,13?,14-,15+,16-,17?,21?/m1/s1. The Bertz CT molecular complexity index is 681. The molecule has 0 aromatic rings. The van der Waals surface area contributed by atoms with Crippen LogP contribution in [0.3, 0.4) is 0 Å². The van der Waals surface area contributed by atoms with Crippen molar-refractivity contribution in [1.29, 1.82) is 0 Å². The Morgan fingerprint density at radius 2 is 1.93 bits per heavy atom. The molecule has 3 unspecified atom stereocenters. The van der Waals surface area contributed by atoms with E-state index in [2.05, 4.69) is 33.5 Å². The molecule has 170 valence electrons. The number of carbonyl (C=O) groups is 3. The topological polar surface area (TPSA) is 98.7 Å². The smallest absolute Gasteiger partial charge is 0.244 e. The predicted molar refractivity (Wildman–Crippen MR) is 121 cm³/mol. The molecule has 1 spiro atoms. The minimum Gasteiger partial charge on any atom is -0.394 e. The zero-order chi connectivity index (χ0) is 22.1. The molecule has 3 saturated heterocycles. The Hall–Kier alpha value is -0.800. The van der Waals surface area contributed by atoms with E-state index in [-0.39, 0.29) is 34.4 Å². The molecule has 30 heavy (non-hydrogen) atoms. The van der Waals surface area contributed by atoms with Crippen LogP contribution in [0, 0.1) is 11.8 Å². The van der Waals surface area contributed by atoms with E-state index >= 15 is 0 Å². The minimum absolute atomic E-state index is 0.0298. The summed E-state index contributed by atoms with van der Waals surface area (Å²) in [4.78, 5) is 41.6. The highest BCUT2D eigenvalue weighted by Gasteiger charge is 2.75. The number of nitrogens with one attached hydrogen (secondary N) is 2. The van der Waals surface area contributed by atoms with Crippen LogP contribution in [0.25, 0.3) is 0 Å². The van der Waals surface area contributed by atoms with Crippen molar-refractivity contribution in [1.82, 2.24) is 15.5 Å². The molecule has 0 saturated carbocycles. The average Bonchev–Trinajstić information content (AvgIpc) is 3.32. The van der Waals surface area contributed by atoms with Crippen LogP contribution in [0.4, 0.5) is 0 Å². The van der Waals surface area contributed by atoms with E-state index in [4.69, 9.17) is 0 Å². The first-order valence-electron chi connectivity index (χ1n) is 11.1. The van der Waals surface area contributed by atoms with Crippen molar-refractivity contribution < 1.29 is 19.5 Å². The van der Waals surface area contributed by atoms with Gasteiger partial charge in [0, 0.05) is 23.2 Å². The number of fused-ring (bicyclic) bond motifs is 1. The van der Waals surface area contributed by atoms with Crippen molar-refractivity contribution in [2.24, 2.45) is 11.8 Å². The first-order chi connectivity index (χ1) is 14.3. The van der Waals surface area contributed by atoms with Crippen LogP contribution in [0.1, 0.15) is 52.9 Å². The van der Waals surface area contributed by atoms with Gasteiger partial charge in [-0.25, -0.2) is 0 Å². The van der Waals surface area contributed by atoms with Crippen LogP contribution >= 0.6 is 27.7 Å². The first-order valence-corrected chi connectivity index (χ1v) is 12.9. The molecule has 0 aromatic carbocycles. The molecule has 3 N–H and O–H groups in total. The summed E-state index contributed by atoms with van der Waals surface area (Å²) in [6, 6.07) is -1.14. The van der Waals surface area contributed by atoms with Crippen LogP contribution in [-0.2, 0) is 14.4 Å². The number of rotatable bonds is 10. The van der Waals surface area contributed by atoms with Crippen molar-refractivity contribution >= 4 is 45.4 Å². The van der Waals surface area contributed by atoms with Gasteiger partial charge >= 0.3 is 0 Å². The molecule has 3 fully saturated rings. The van der Waals surface area contributed by atoms with E-state index < -0.39 is 28.7 Å². The predicted octanol–water partition coefficient (Wildman–Crippen LogP) is 1.66. The first kappa shape index (κ1) is 23.9. The zero-order valence-corrected chi connectivity index (χ0v) is 20.4. The number of hydrogen-bond acceptors (Lipinski definition) is 5. The third kappa shape index (κ3) is 3.90. The second kappa shape index (κ2) is 9.77. The third-order valence-corrected chi connectivity index (χ3v) is 9.87. The second-order valence-corrected chi connectivity index (χ2v) is 11.4. The Morgan fingerprint density at radius 3 is 2.57 bits per heavy atom. The number of amides is 3. The molecule has 9 heteroatoms. The van der Waals surface area contributed by atoms with Crippen LogP contribution in [0.5, 0.6) is 0 Å². The number of likely N-dealkylation sites (tertiary alicyclic amines) is 1. The molecule has 0 aliphatic carbocycles. The fourth-order valence-corrected chi connectivity index (χ4v) is 8.88. The summed E-state index contributed by atoms with van der Waals surface area (Å²) in [6.07, 6.45) is 4.49. The van der Waals surface area contributed by atoms with Gasteiger partial charge in [-0.15, -0.1) is 11.8 Å². The van der Waals surface area contributed by atoms with Crippen LogP contribution in [0.2, 0.25) is 0 Å². The average molecular weight is 504 g/mol. The highest BCUT2D eigenvalue weighted by atomic mass is 79.9. The molecule has 0 radical (unpaired) electrons. The summed E-state index contributed by atoms with van der Waals surface area (Å²) in [7, 11) is 0. The van der Waals surface area contributed by atoms with E-state index in [0.717, 1.165) is 25.7 Å². The number of alkyl halides is 1. The molecule has 7 nitrogen and oxygen atoms in total. The lowest BCUT2D eigenvalue weighted by molar-refractivity contribution is -0.142. The van der Waals surface area contributed by atoms with Crippen molar-refractivity contribution in [3.05, 3.63) is 0 Å². The maximum absolute atomic E-state index is 13.6. The number of carbonyl (C=O) groups excluding carboxylic acids is 3. The molecule has 0 aromatic heterocycles. The van der Waals surface area contributed by atoms with Gasteiger partial charge < -0.3 is 20.6 Å². The SMILES string of the molecule is CCCCCNC(=O)C1N([C@H](C)CO)C(=O)[C@@H]2[C@@H](C(=O)NCCC)[C@@H]3SC12CC3Br. The maximum Gasteiger partial charge on any atom is 0.244 e. The Kier molecular flexibility index (Phi) is 7.77. The fraction of sp³-hybridized carbons (Fsp3) is 0.857. The van der Waals surface area contributed by atoms with E-state index in [1.54, 1.807) is 23.6 Å². The summed E-state index contributed by atoms with van der Waals surface area (Å²) in [6.45, 7) is 6.81. The minimum atomic E-state index is -0.669. The molecule has 3 heterocycles. The Balaban J connectivity index is 1.92. The second-order valence-electron chi connectivity index (χ2n) is 8.73. The lowest BCUT2D eigenvalue weighted by Crippen LogP contribution is -2.56. The normalized spacial score (nSPS) is 35.4. The summed E-state index contributed by atoms with van der Waals surface area (Å²) in [5, 5.41) is 15.8. The lowest BCUT2D eigenvalue weighted by Gasteiger charge is -2.36. The fourth-order valence-electron chi connectivity index (χ4n) is 5.28. The van der Waals surface area contributed by atoms with Gasteiger partial charge in [0.1, 0.15) is 6.04 Å². The number of aliphatic hydroxyl groups is 1. The lowest BCUT2D eigenvalue weighted by atomic mass is 9.70. The molecule has 3 aliphatic rings. The van der Waals surface area contributed by atoms with Gasteiger partial charge in [-0.2, -0.15) is 0 Å². The van der Waals surface area contributed by atoms with E-state index in [1.807, 2.05) is 6.92 Å². The van der Waals surface area contributed by atoms with Crippen molar-refractivity contribution in [3.8, 4) is 0 Å². The third-order valence-electron chi connectivity index (χ3n) is 6.65. The van der Waals surface area contributed by atoms with E-state index in [9.17, 15) is 19.5 Å². The van der Waals surface area contributed by atoms with Gasteiger partial charge in [-0.1, -0.05) is 42.6 Å². The summed E-state index contributed by atoms with van der Waals surface area (Å²) in [5.74, 6) is -1.42. The van der Waals surface area contributed by atoms with E-state index in [1.165, 1.54) is 0 Å². The molecular formula is C21H34BrN3O4S. The van der Waals surface area contributed by atoms with Gasteiger partial charge in [0.15, 0.2) is 0 Å². The maximum atomic E-state index is 13.6. The number of hydrogen-bond donors (Lipinski definition) is 3. The summed E-state index contributed by atoms with van der Waals surface area (Å²) in [5.41, 5.74) is 0. The van der Waals surface area contributed by atoms with Crippen molar-refractivity contribution in [2.45, 2.75) is 79.8 Å². The quantitative estimate of drug-likeness (QED) is 0.311. The van der Waals surface area contributed by atoms with E-state index in [0.29, 0.717) is 19.5 Å². The number of aliphatic hydroxyl groups excluding tert-OH is 1.